The molecular weight excluding hydrogens is 907 g/mol. The predicted molar refractivity (Wildman–Crippen MR) is 296 cm³/mol. The van der Waals surface area contributed by atoms with E-state index in [9.17, 15) is 35.1 Å². The number of unbranched alkanes of at least 4 members (excludes halogenated alkanes) is 27. The molecule has 1 fully saturated rings. The molecule has 1 amide bonds. The van der Waals surface area contributed by atoms with Gasteiger partial charge in [0.2, 0.25) is 5.91 Å². The Balaban J connectivity index is 2.78. The summed E-state index contributed by atoms with van der Waals surface area (Å²) in [7, 11) is 0. The quantitative estimate of drug-likeness (QED) is 0.0195. The average molecular weight is 1020 g/mol. The molecule has 0 aliphatic carbocycles. The normalized spacial score (nSPS) is 19.9. The Morgan fingerprint density at radius 3 is 1.46 bits per heavy atom. The van der Waals surface area contributed by atoms with E-state index in [0.717, 1.165) is 64.2 Å². The number of esters is 1. The van der Waals surface area contributed by atoms with Gasteiger partial charge in [-0.15, -0.1) is 0 Å². The molecule has 8 unspecified atom stereocenters. The molecule has 72 heavy (non-hydrogen) atoms. The van der Waals surface area contributed by atoms with Crippen molar-refractivity contribution in [2.24, 2.45) is 0 Å². The van der Waals surface area contributed by atoms with Gasteiger partial charge in [0.25, 0.3) is 0 Å². The van der Waals surface area contributed by atoms with Crippen LogP contribution >= 0.6 is 0 Å². The lowest BCUT2D eigenvalue weighted by atomic mass is 9.99. The van der Waals surface area contributed by atoms with Crippen molar-refractivity contribution in [3.05, 3.63) is 60.8 Å². The topological polar surface area (TPSA) is 175 Å². The number of hydrogen-bond donors (Lipinski definition) is 6. The summed E-state index contributed by atoms with van der Waals surface area (Å²) in [4.78, 5) is 26.4. The van der Waals surface area contributed by atoms with Gasteiger partial charge >= 0.3 is 5.97 Å². The van der Waals surface area contributed by atoms with Gasteiger partial charge in [-0.1, -0.05) is 242 Å². The molecule has 1 saturated heterocycles. The first kappa shape index (κ1) is 67.4. The lowest BCUT2D eigenvalue weighted by molar-refractivity contribution is -0.305. The number of nitrogens with one attached hydrogen (secondary N) is 1. The second-order valence-corrected chi connectivity index (χ2v) is 20.4. The Bertz CT molecular complexity index is 1400. The summed E-state index contributed by atoms with van der Waals surface area (Å²) in [5.41, 5.74) is 0. The van der Waals surface area contributed by atoms with Crippen molar-refractivity contribution in [2.75, 3.05) is 13.2 Å². The number of carbonyl (C=O) groups is 2. The molecular formula is C61H109NO10. The van der Waals surface area contributed by atoms with Crippen LogP contribution in [0.3, 0.4) is 0 Å². The van der Waals surface area contributed by atoms with E-state index < -0.39 is 67.4 Å². The van der Waals surface area contributed by atoms with Gasteiger partial charge < -0.3 is 45.1 Å². The first-order chi connectivity index (χ1) is 35.2. The number of ether oxygens (including phenoxy) is 3. The van der Waals surface area contributed by atoms with E-state index in [0.29, 0.717) is 12.8 Å². The highest BCUT2D eigenvalue weighted by Crippen LogP contribution is 2.26. The predicted octanol–water partition coefficient (Wildman–Crippen LogP) is 13.4. The summed E-state index contributed by atoms with van der Waals surface area (Å²) in [6.45, 7) is 5.72. The summed E-state index contributed by atoms with van der Waals surface area (Å²) in [6.07, 6.45) is 49.8. The third-order valence-corrected chi connectivity index (χ3v) is 13.7. The van der Waals surface area contributed by atoms with Gasteiger partial charge in [0.05, 0.1) is 25.4 Å². The van der Waals surface area contributed by atoms with Crippen LogP contribution in [-0.2, 0) is 23.8 Å². The van der Waals surface area contributed by atoms with Crippen LogP contribution in [-0.4, -0.2) is 99.6 Å². The minimum atomic E-state index is -1.62. The molecule has 0 bridgehead atoms. The third-order valence-electron chi connectivity index (χ3n) is 13.7. The van der Waals surface area contributed by atoms with Crippen LogP contribution in [0.5, 0.6) is 0 Å². The number of hydrogen-bond acceptors (Lipinski definition) is 10. The molecule has 0 aromatic heterocycles. The lowest BCUT2D eigenvalue weighted by Crippen LogP contribution is -2.61. The van der Waals surface area contributed by atoms with Gasteiger partial charge in [0, 0.05) is 6.42 Å². The molecule has 1 aliphatic heterocycles. The summed E-state index contributed by atoms with van der Waals surface area (Å²) in [5, 5.41) is 56.8. The van der Waals surface area contributed by atoms with E-state index in [-0.39, 0.29) is 19.4 Å². The van der Waals surface area contributed by atoms with Gasteiger partial charge in [-0.05, 0) is 64.2 Å². The zero-order chi connectivity index (χ0) is 52.5. The first-order valence-electron chi connectivity index (χ1n) is 29.6. The van der Waals surface area contributed by atoms with E-state index in [1.807, 2.05) is 18.2 Å². The van der Waals surface area contributed by atoms with Crippen LogP contribution in [0.25, 0.3) is 0 Å². The highest BCUT2D eigenvalue weighted by Gasteiger charge is 2.47. The average Bonchev–Trinajstić information content (AvgIpc) is 3.38. The van der Waals surface area contributed by atoms with E-state index in [2.05, 4.69) is 62.5 Å². The van der Waals surface area contributed by atoms with Crippen molar-refractivity contribution < 1.29 is 49.3 Å². The third kappa shape index (κ3) is 37.1. The van der Waals surface area contributed by atoms with Crippen molar-refractivity contribution in [1.82, 2.24) is 5.32 Å². The van der Waals surface area contributed by atoms with Gasteiger partial charge in [-0.3, -0.25) is 9.59 Å². The fraction of sp³-hybridized carbons (Fsp3) is 0.803. The molecule has 11 heteroatoms. The van der Waals surface area contributed by atoms with Crippen molar-refractivity contribution in [3.8, 4) is 0 Å². The largest absolute Gasteiger partial charge is 0.454 e. The Kier molecular flexibility index (Phi) is 46.1. The van der Waals surface area contributed by atoms with Crippen LogP contribution in [0.1, 0.15) is 252 Å². The smallest absolute Gasteiger partial charge is 0.306 e. The summed E-state index contributed by atoms with van der Waals surface area (Å²) in [6, 6.07) is -1.05. The van der Waals surface area contributed by atoms with Crippen LogP contribution in [0.4, 0.5) is 0 Å². The number of rotatable bonds is 49. The molecule has 0 spiro atoms. The minimum absolute atomic E-state index is 0.119. The second kappa shape index (κ2) is 49.2. The van der Waals surface area contributed by atoms with Gasteiger partial charge in [-0.2, -0.15) is 0 Å². The standard InChI is InChI=1S/C61H109NO10/c1-4-7-10-13-16-19-22-25-27-28-30-33-36-39-42-45-48-54(65)60(69)62-52(53(64)47-44-41-38-35-32-29-24-21-18-15-12-9-6-3)51-70-61-59(58(68)57(67)55(50-63)71-61)72-56(66)49-46-43-40-37-34-31-26-23-20-17-14-11-8-5-2/h16,19,25,27,30,33,39,42,44,47,52-55,57-59,61,63-65,67-68H,4-15,17-18,20-24,26,28-29,31-32,34-38,40-41,43,45-46,48-51H2,1-3H3,(H,62,69)/b19-16-,27-25-,33-30-,42-39-,47-44+. The zero-order valence-corrected chi connectivity index (χ0v) is 46.0. The molecule has 0 aromatic carbocycles. The van der Waals surface area contributed by atoms with E-state index in [1.54, 1.807) is 6.08 Å². The fourth-order valence-electron chi connectivity index (χ4n) is 8.94. The van der Waals surface area contributed by atoms with E-state index >= 15 is 0 Å². The number of carbonyl (C=O) groups excluding carboxylic acids is 2. The lowest BCUT2D eigenvalue weighted by Gasteiger charge is -2.41. The minimum Gasteiger partial charge on any atom is -0.454 e. The van der Waals surface area contributed by atoms with Crippen LogP contribution in [0.15, 0.2) is 60.8 Å². The molecule has 6 N–H and O–H groups in total. The number of aliphatic hydroxyl groups is 5. The van der Waals surface area contributed by atoms with Crippen LogP contribution in [0.2, 0.25) is 0 Å². The Labute approximate surface area is 439 Å². The highest BCUT2D eigenvalue weighted by molar-refractivity contribution is 5.80. The Hall–Kier alpha value is -2.64. The molecule has 1 rings (SSSR count). The molecule has 1 heterocycles. The monoisotopic (exact) mass is 1020 g/mol. The molecule has 11 nitrogen and oxygen atoms in total. The highest BCUT2D eigenvalue weighted by atomic mass is 16.7. The molecule has 0 saturated carbocycles. The molecule has 1 aliphatic rings. The van der Waals surface area contributed by atoms with Crippen LogP contribution < -0.4 is 5.32 Å². The number of aliphatic hydroxyl groups excluding tert-OH is 5. The van der Waals surface area contributed by atoms with Gasteiger partial charge in [-0.25, -0.2) is 0 Å². The molecule has 0 radical (unpaired) electrons. The maximum Gasteiger partial charge on any atom is 0.306 e. The Morgan fingerprint density at radius 1 is 0.542 bits per heavy atom. The van der Waals surface area contributed by atoms with Crippen LogP contribution in [0, 0.1) is 0 Å². The maximum atomic E-state index is 13.4. The van der Waals surface area contributed by atoms with E-state index in [1.165, 1.54) is 141 Å². The van der Waals surface area contributed by atoms with E-state index in [4.69, 9.17) is 14.2 Å². The Morgan fingerprint density at radius 2 is 0.958 bits per heavy atom. The fourth-order valence-corrected chi connectivity index (χ4v) is 8.94. The van der Waals surface area contributed by atoms with Gasteiger partial charge in [0.15, 0.2) is 12.4 Å². The summed E-state index contributed by atoms with van der Waals surface area (Å²) < 4.78 is 17.6. The second-order valence-electron chi connectivity index (χ2n) is 20.4. The zero-order valence-electron chi connectivity index (χ0n) is 46.0. The summed E-state index contributed by atoms with van der Waals surface area (Å²) >= 11 is 0. The van der Waals surface area contributed by atoms with Crippen molar-refractivity contribution >= 4 is 11.9 Å². The maximum absolute atomic E-state index is 13.4. The number of amides is 1. The molecule has 0 aromatic rings. The first-order valence-corrected chi connectivity index (χ1v) is 29.6. The number of allylic oxidation sites excluding steroid dienone is 9. The SMILES string of the molecule is CCCCC/C=C\C/C=C\C/C=C\C/C=C\CCC(O)C(=O)NC(COC1OC(CO)C(O)C(O)C1OC(=O)CCCCCCCCCCCCCCCC)C(O)/C=C/CCCCCCCCCCCCC. The van der Waals surface area contributed by atoms with Crippen molar-refractivity contribution in [1.29, 1.82) is 0 Å². The summed E-state index contributed by atoms with van der Waals surface area (Å²) in [5.74, 6) is -1.25. The van der Waals surface area contributed by atoms with Gasteiger partial charge in [0.1, 0.15) is 24.4 Å². The molecule has 418 valence electrons. The molecule has 8 atom stereocenters. The van der Waals surface area contributed by atoms with Crippen molar-refractivity contribution in [2.45, 2.75) is 301 Å². The van der Waals surface area contributed by atoms with Crippen molar-refractivity contribution in [3.63, 3.8) is 0 Å².